The Kier molecular flexibility index (Phi) is 5.43. The van der Waals surface area contributed by atoms with Crippen LogP contribution in [0.4, 0.5) is 0 Å². The first-order valence-corrected chi connectivity index (χ1v) is 10.2. The molecule has 0 heterocycles. The fourth-order valence-corrected chi connectivity index (χ4v) is 6.79. The summed E-state index contributed by atoms with van der Waals surface area (Å²) >= 11 is 0. The highest BCUT2D eigenvalue weighted by atomic mass is 28.4. The van der Waals surface area contributed by atoms with Crippen molar-refractivity contribution in [1.29, 1.82) is 0 Å². The van der Waals surface area contributed by atoms with Gasteiger partial charge in [-0.3, -0.25) is 4.79 Å². The van der Waals surface area contributed by atoms with Crippen LogP contribution in [0.2, 0.25) is 0 Å². The minimum absolute atomic E-state index is 0.0126. The van der Waals surface area contributed by atoms with E-state index in [-0.39, 0.29) is 19.0 Å². The van der Waals surface area contributed by atoms with Gasteiger partial charge in [-0.25, -0.2) is 0 Å². The lowest BCUT2D eigenvalue weighted by molar-refractivity contribution is -0.135. The molecule has 3 rings (SSSR count). The first-order valence-electron chi connectivity index (χ1n) is 8.26. The smallest absolute Gasteiger partial charge is 0.350 e. The molecule has 0 aromatic heterocycles. The predicted octanol–water partition coefficient (Wildman–Crippen LogP) is 1.58. The molecule has 0 aliphatic carbocycles. The Balaban J connectivity index is 2.26. The maximum atomic E-state index is 12.4. The largest absolute Gasteiger partial charge is 0.505 e. The van der Waals surface area contributed by atoms with Crippen LogP contribution in [0, 0.1) is 0 Å². The average Bonchev–Trinajstić information content (AvgIpc) is 2.68. The van der Waals surface area contributed by atoms with E-state index in [1.54, 1.807) is 0 Å². The van der Waals surface area contributed by atoms with Gasteiger partial charge in [-0.1, -0.05) is 91.0 Å². The summed E-state index contributed by atoms with van der Waals surface area (Å²) in [5.41, 5.74) is 0. The zero-order valence-corrected chi connectivity index (χ0v) is 14.8. The molecule has 0 aliphatic heterocycles. The van der Waals surface area contributed by atoms with Gasteiger partial charge < -0.3 is 9.53 Å². The van der Waals surface area contributed by atoms with Crippen molar-refractivity contribution < 1.29 is 14.3 Å². The van der Waals surface area contributed by atoms with Crippen LogP contribution in [0.25, 0.3) is 0 Å². The monoisotopic (exact) mass is 348 g/mol. The SMILES string of the molecule is O=C(CCO)O[Si](c1ccccc1)(c1ccccc1)c1ccccc1. The summed E-state index contributed by atoms with van der Waals surface area (Å²) in [5, 5.41) is 12.2. The molecule has 0 radical (unpaired) electrons. The molecular formula is C21H20O3Si. The number of carbonyl (C=O) groups is 1. The van der Waals surface area contributed by atoms with Gasteiger partial charge in [0.25, 0.3) is 5.97 Å². The van der Waals surface area contributed by atoms with Crippen molar-refractivity contribution >= 4 is 29.8 Å². The third kappa shape index (κ3) is 3.55. The van der Waals surface area contributed by atoms with Crippen molar-refractivity contribution in [2.45, 2.75) is 6.42 Å². The molecule has 1 N–H and O–H groups in total. The standard InChI is InChI=1S/C21H20O3Si/c22-17-16-21(23)24-25(18-10-4-1-5-11-18,19-12-6-2-7-13-19)20-14-8-3-9-15-20/h1-15,22H,16-17H2. The van der Waals surface area contributed by atoms with E-state index >= 15 is 0 Å². The molecule has 0 amide bonds. The maximum Gasteiger partial charge on any atom is 0.350 e. The lowest BCUT2D eigenvalue weighted by atomic mass is 10.3. The number of rotatable bonds is 6. The molecule has 3 aromatic carbocycles. The second kappa shape index (κ2) is 7.92. The van der Waals surface area contributed by atoms with E-state index in [1.165, 1.54) is 0 Å². The van der Waals surface area contributed by atoms with Crippen LogP contribution in [0.5, 0.6) is 0 Å². The van der Waals surface area contributed by atoms with Crippen molar-refractivity contribution in [2.24, 2.45) is 0 Å². The molecule has 3 nitrogen and oxygen atoms in total. The minimum Gasteiger partial charge on any atom is -0.505 e. The Labute approximate surface area is 148 Å². The molecule has 0 aliphatic rings. The molecule has 0 atom stereocenters. The van der Waals surface area contributed by atoms with Crippen LogP contribution in [0.1, 0.15) is 6.42 Å². The van der Waals surface area contributed by atoms with Gasteiger partial charge in [-0.05, 0) is 15.6 Å². The lowest BCUT2D eigenvalue weighted by Gasteiger charge is -2.32. The number of carbonyl (C=O) groups excluding carboxylic acids is 1. The van der Waals surface area contributed by atoms with Gasteiger partial charge in [0, 0.05) is 0 Å². The van der Waals surface area contributed by atoms with Gasteiger partial charge in [0.1, 0.15) is 0 Å². The fourth-order valence-electron chi connectivity index (χ4n) is 3.01. The number of benzene rings is 3. The molecular weight excluding hydrogens is 328 g/mol. The normalized spacial score (nSPS) is 11.1. The van der Waals surface area contributed by atoms with Gasteiger partial charge in [0.2, 0.25) is 0 Å². The summed E-state index contributed by atoms with van der Waals surface area (Å²) < 4.78 is 6.18. The number of hydrogen-bond acceptors (Lipinski definition) is 3. The van der Waals surface area contributed by atoms with Crippen LogP contribution >= 0.6 is 0 Å². The molecule has 0 fully saturated rings. The Bertz CT molecular complexity index is 708. The van der Waals surface area contributed by atoms with E-state index in [2.05, 4.69) is 0 Å². The van der Waals surface area contributed by atoms with Crippen molar-refractivity contribution in [3.8, 4) is 0 Å². The van der Waals surface area contributed by atoms with Crippen molar-refractivity contribution in [3.63, 3.8) is 0 Å². The van der Waals surface area contributed by atoms with Crippen molar-refractivity contribution in [2.75, 3.05) is 6.61 Å². The molecule has 0 saturated heterocycles. The van der Waals surface area contributed by atoms with Crippen LogP contribution < -0.4 is 15.6 Å². The Morgan fingerprint density at radius 2 is 1.08 bits per heavy atom. The lowest BCUT2D eigenvalue weighted by Crippen LogP contribution is -2.70. The number of aliphatic hydroxyl groups excluding tert-OH is 1. The van der Waals surface area contributed by atoms with Crippen molar-refractivity contribution in [3.05, 3.63) is 91.0 Å². The Morgan fingerprint density at radius 3 is 1.40 bits per heavy atom. The van der Waals surface area contributed by atoms with Crippen LogP contribution in [0.3, 0.4) is 0 Å². The maximum absolute atomic E-state index is 12.4. The third-order valence-corrected chi connectivity index (χ3v) is 8.10. The van der Waals surface area contributed by atoms with Gasteiger partial charge >= 0.3 is 8.32 Å². The van der Waals surface area contributed by atoms with Crippen LogP contribution in [-0.2, 0) is 9.22 Å². The summed E-state index contributed by atoms with van der Waals surface area (Å²) in [6.07, 6.45) is -0.0126. The van der Waals surface area contributed by atoms with Crippen LogP contribution in [0.15, 0.2) is 91.0 Å². The summed E-state index contributed by atoms with van der Waals surface area (Å²) in [7, 11) is -2.98. The van der Waals surface area contributed by atoms with E-state index in [0.29, 0.717) is 0 Å². The summed E-state index contributed by atoms with van der Waals surface area (Å²) in [6.45, 7) is -0.221. The Morgan fingerprint density at radius 1 is 0.720 bits per heavy atom. The quantitative estimate of drug-likeness (QED) is 0.543. The molecule has 25 heavy (non-hydrogen) atoms. The molecule has 126 valence electrons. The van der Waals surface area contributed by atoms with Gasteiger partial charge in [0.05, 0.1) is 13.0 Å². The fraction of sp³-hybridized carbons (Fsp3) is 0.0952. The van der Waals surface area contributed by atoms with Gasteiger partial charge in [-0.15, -0.1) is 0 Å². The van der Waals surface area contributed by atoms with E-state index in [9.17, 15) is 4.79 Å². The van der Waals surface area contributed by atoms with Gasteiger partial charge in [-0.2, -0.15) is 0 Å². The summed E-state index contributed by atoms with van der Waals surface area (Å²) in [5.74, 6) is -0.384. The number of aliphatic hydroxyl groups is 1. The first kappa shape index (κ1) is 17.1. The molecule has 0 saturated carbocycles. The molecule has 3 aromatic rings. The highest BCUT2D eigenvalue weighted by Crippen LogP contribution is 2.11. The first-order chi connectivity index (χ1) is 12.3. The summed E-state index contributed by atoms with van der Waals surface area (Å²) in [6, 6.07) is 29.7. The zero-order valence-electron chi connectivity index (χ0n) is 13.8. The minimum atomic E-state index is -2.98. The van der Waals surface area contributed by atoms with E-state index in [4.69, 9.17) is 9.53 Å². The van der Waals surface area contributed by atoms with Gasteiger partial charge in [0.15, 0.2) is 0 Å². The highest BCUT2D eigenvalue weighted by molar-refractivity contribution is 7.07. The second-order valence-electron chi connectivity index (χ2n) is 5.73. The Hall–Kier alpha value is -2.69. The second-order valence-corrected chi connectivity index (χ2v) is 9.03. The molecule has 4 heteroatoms. The topological polar surface area (TPSA) is 46.5 Å². The molecule has 0 bridgehead atoms. The predicted molar refractivity (Wildman–Crippen MR) is 102 cm³/mol. The van der Waals surface area contributed by atoms with E-state index in [0.717, 1.165) is 15.6 Å². The summed E-state index contributed by atoms with van der Waals surface area (Å²) in [4.78, 5) is 12.4. The van der Waals surface area contributed by atoms with Crippen LogP contribution in [-0.4, -0.2) is 26.0 Å². The zero-order chi connectivity index (χ0) is 17.5. The van der Waals surface area contributed by atoms with Crippen molar-refractivity contribution in [1.82, 2.24) is 0 Å². The number of hydrogen-bond donors (Lipinski definition) is 1. The molecule has 0 unspecified atom stereocenters. The average molecular weight is 348 g/mol. The van der Waals surface area contributed by atoms with E-state index < -0.39 is 8.32 Å². The third-order valence-electron chi connectivity index (χ3n) is 4.12. The molecule has 0 spiro atoms. The van der Waals surface area contributed by atoms with E-state index in [1.807, 2.05) is 91.0 Å². The highest BCUT2D eigenvalue weighted by Gasteiger charge is 2.45.